The number of non-ortho nitro benzene ring substituents is 3. The van der Waals surface area contributed by atoms with Crippen molar-refractivity contribution in [2.24, 2.45) is 0 Å². The van der Waals surface area contributed by atoms with Crippen LogP contribution in [0.3, 0.4) is 0 Å². The first-order chi connectivity index (χ1) is 20.9. The molecule has 228 valence electrons. The molecule has 0 aromatic heterocycles. The van der Waals surface area contributed by atoms with E-state index in [9.17, 15) is 44.7 Å². The first kappa shape index (κ1) is 31.6. The number of hydrogen-bond donors (Lipinski definition) is 0. The summed E-state index contributed by atoms with van der Waals surface area (Å²) in [5.74, 6) is -2.73. The van der Waals surface area contributed by atoms with Gasteiger partial charge >= 0.3 is 17.9 Å². The lowest BCUT2D eigenvalue weighted by Crippen LogP contribution is -2.52. The Bertz CT molecular complexity index is 1580. The van der Waals surface area contributed by atoms with E-state index in [2.05, 4.69) is 15.9 Å². The fraction of sp³-hybridized carbons (Fsp3) is 0.222. The first-order valence-corrected chi connectivity index (χ1v) is 13.5. The third-order valence-corrected chi connectivity index (χ3v) is 6.88. The Kier molecular flexibility index (Phi) is 9.92. The number of nitro groups is 3. The van der Waals surface area contributed by atoms with Crippen LogP contribution in [-0.2, 0) is 18.9 Å². The number of alkyl halides is 1. The van der Waals surface area contributed by atoms with Crippen molar-refractivity contribution in [3.05, 3.63) is 120 Å². The second-order valence-corrected chi connectivity index (χ2v) is 10.2. The Morgan fingerprint density at radius 2 is 1.07 bits per heavy atom. The summed E-state index contributed by atoms with van der Waals surface area (Å²) >= 11 is 3.28. The first-order valence-electron chi connectivity index (χ1n) is 12.5. The molecule has 3 aromatic rings. The number of halogens is 1. The number of benzene rings is 3. The summed E-state index contributed by atoms with van der Waals surface area (Å²) in [6.07, 6.45) is -3.78. The van der Waals surface area contributed by atoms with Crippen LogP contribution in [0.15, 0.2) is 72.8 Å². The number of esters is 3. The van der Waals surface area contributed by atoms with Gasteiger partial charge in [-0.3, -0.25) is 30.3 Å². The van der Waals surface area contributed by atoms with E-state index in [0.717, 1.165) is 36.4 Å². The van der Waals surface area contributed by atoms with Gasteiger partial charge in [-0.1, -0.05) is 15.9 Å². The van der Waals surface area contributed by atoms with Crippen molar-refractivity contribution in [2.45, 2.75) is 29.7 Å². The van der Waals surface area contributed by atoms with Gasteiger partial charge < -0.3 is 18.9 Å². The van der Waals surface area contributed by atoms with Gasteiger partial charge in [0.2, 0.25) is 0 Å². The van der Waals surface area contributed by atoms with E-state index in [0.29, 0.717) is 0 Å². The van der Waals surface area contributed by atoms with Crippen molar-refractivity contribution in [2.75, 3.05) is 6.61 Å². The molecule has 0 unspecified atom stereocenters. The summed E-state index contributed by atoms with van der Waals surface area (Å²) in [7, 11) is 0. The molecule has 1 aliphatic rings. The summed E-state index contributed by atoms with van der Waals surface area (Å²) in [5.41, 5.74) is -0.875. The van der Waals surface area contributed by atoms with Gasteiger partial charge in [-0.25, -0.2) is 14.4 Å². The van der Waals surface area contributed by atoms with Crippen LogP contribution in [0.2, 0.25) is 0 Å². The van der Waals surface area contributed by atoms with Crippen molar-refractivity contribution in [3.63, 3.8) is 0 Å². The van der Waals surface area contributed by atoms with Gasteiger partial charge in [0, 0.05) is 42.8 Å². The zero-order valence-corrected chi connectivity index (χ0v) is 23.8. The maximum absolute atomic E-state index is 13.0. The summed E-state index contributed by atoms with van der Waals surface area (Å²) in [6, 6.07) is 13.7. The van der Waals surface area contributed by atoms with Gasteiger partial charge in [-0.2, -0.15) is 0 Å². The molecule has 17 heteroatoms. The van der Waals surface area contributed by atoms with Crippen molar-refractivity contribution >= 4 is 50.9 Å². The Morgan fingerprint density at radius 3 is 1.48 bits per heavy atom. The fourth-order valence-corrected chi connectivity index (χ4v) is 4.72. The van der Waals surface area contributed by atoms with Crippen LogP contribution in [0, 0.1) is 30.3 Å². The molecule has 3 aromatic carbocycles. The van der Waals surface area contributed by atoms with Crippen molar-refractivity contribution in [3.8, 4) is 0 Å². The molecule has 0 aliphatic carbocycles. The summed E-state index contributed by atoms with van der Waals surface area (Å²) < 4.78 is 22.4. The standard InChI is InChI=1S/C27H20BrN3O13/c28-23-13-21(43-26(33)16-3-9-19(10-4-16)30(37)38)24(44-27(34)17-5-11-20(12-6-17)31(39)40)22(42-23)14-41-25(32)15-1-7-18(8-2-15)29(35)36/h1-12,21-24H,13-14H2/t21-,22-,23+,24+/m1/s1. The Morgan fingerprint density at radius 1 is 0.682 bits per heavy atom. The SMILES string of the molecule is O=C(OC[C@H]1O[C@H](Br)C[C@@H](OC(=O)c2ccc([N+](=O)[O-])cc2)[C@@H]1OC(=O)c1ccc([N+](=O)[O-])cc1)c1ccc([N+](=O)[O-])cc1. The third-order valence-electron chi connectivity index (χ3n) is 6.29. The number of hydrogen-bond acceptors (Lipinski definition) is 13. The molecule has 0 amide bonds. The lowest BCUT2D eigenvalue weighted by Gasteiger charge is -2.38. The van der Waals surface area contributed by atoms with E-state index in [1.54, 1.807) is 0 Å². The number of carbonyl (C=O) groups is 3. The Balaban J connectivity index is 1.55. The molecular weight excluding hydrogens is 654 g/mol. The highest BCUT2D eigenvalue weighted by molar-refractivity contribution is 9.09. The average Bonchev–Trinajstić information content (AvgIpc) is 3.01. The van der Waals surface area contributed by atoms with Crippen LogP contribution in [-0.4, -0.2) is 62.6 Å². The predicted molar refractivity (Wildman–Crippen MR) is 150 cm³/mol. The Labute approximate surface area is 255 Å². The van der Waals surface area contributed by atoms with E-state index in [1.165, 1.54) is 36.4 Å². The van der Waals surface area contributed by atoms with Gasteiger partial charge in [0.15, 0.2) is 6.10 Å². The van der Waals surface area contributed by atoms with Crippen molar-refractivity contribution < 1.29 is 48.1 Å². The second kappa shape index (κ2) is 13.8. The highest BCUT2D eigenvalue weighted by atomic mass is 79.9. The van der Waals surface area contributed by atoms with E-state index in [1.807, 2.05) is 0 Å². The number of carbonyl (C=O) groups excluding carboxylic acids is 3. The lowest BCUT2D eigenvalue weighted by atomic mass is 10.0. The molecule has 4 rings (SSSR count). The van der Waals surface area contributed by atoms with E-state index in [-0.39, 0.29) is 40.2 Å². The second-order valence-electron chi connectivity index (χ2n) is 9.14. The van der Waals surface area contributed by atoms with Crippen molar-refractivity contribution in [1.29, 1.82) is 0 Å². The van der Waals surface area contributed by atoms with Crippen LogP contribution < -0.4 is 0 Å². The molecule has 0 bridgehead atoms. The Hall–Kier alpha value is -5.29. The highest BCUT2D eigenvalue weighted by Crippen LogP contribution is 2.30. The molecule has 4 atom stereocenters. The fourth-order valence-electron chi connectivity index (χ4n) is 4.08. The molecule has 0 saturated carbocycles. The molecule has 0 N–H and O–H groups in total. The van der Waals surface area contributed by atoms with Crippen molar-refractivity contribution in [1.82, 2.24) is 0 Å². The highest BCUT2D eigenvalue weighted by Gasteiger charge is 2.44. The molecule has 1 saturated heterocycles. The quantitative estimate of drug-likeness (QED) is 0.0950. The third kappa shape index (κ3) is 7.75. The maximum atomic E-state index is 13.0. The van der Waals surface area contributed by atoms with Gasteiger partial charge in [-0.05, 0) is 36.4 Å². The molecule has 1 heterocycles. The number of rotatable bonds is 10. The number of ether oxygens (including phenoxy) is 4. The average molecular weight is 674 g/mol. The van der Waals surface area contributed by atoms with E-state index < -0.39 is 62.6 Å². The van der Waals surface area contributed by atoms with Gasteiger partial charge in [-0.15, -0.1) is 0 Å². The largest absolute Gasteiger partial charge is 0.459 e. The topological polar surface area (TPSA) is 218 Å². The number of nitro benzene ring substituents is 3. The monoisotopic (exact) mass is 673 g/mol. The van der Waals surface area contributed by atoms with Gasteiger partial charge in [0.25, 0.3) is 17.1 Å². The zero-order valence-electron chi connectivity index (χ0n) is 22.2. The molecule has 1 aliphatic heterocycles. The van der Waals surface area contributed by atoms with Gasteiger partial charge in [0.05, 0.1) is 31.5 Å². The number of nitrogens with zero attached hydrogens (tertiary/aromatic N) is 3. The van der Waals surface area contributed by atoms with Crippen LogP contribution >= 0.6 is 15.9 Å². The van der Waals surface area contributed by atoms with Crippen LogP contribution in [0.5, 0.6) is 0 Å². The molecular formula is C27H20BrN3O13. The molecule has 16 nitrogen and oxygen atoms in total. The zero-order chi connectivity index (χ0) is 32.0. The smallest absolute Gasteiger partial charge is 0.338 e. The molecule has 44 heavy (non-hydrogen) atoms. The minimum atomic E-state index is -1.36. The van der Waals surface area contributed by atoms with Crippen LogP contribution in [0.25, 0.3) is 0 Å². The minimum absolute atomic E-state index is 0.0117. The van der Waals surface area contributed by atoms with E-state index in [4.69, 9.17) is 18.9 Å². The predicted octanol–water partition coefficient (Wildman–Crippen LogP) is 4.53. The van der Waals surface area contributed by atoms with E-state index >= 15 is 0 Å². The van der Waals surface area contributed by atoms with Crippen LogP contribution in [0.4, 0.5) is 17.1 Å². The maximum Gasteiger partial charge on any atom is 0.338 e. The molecule has 1 fully saturated rings. The lowest BCUT2D eigenvalue weighted by molar-refractivity contribution is -0.385. The summed E-state index contributed by atoms with van der Waals surface area (Å²) in [5, 5.41) is 32.1. The molecule has 0 radical (unpaired) electrons. The normalized spacial score (nSPS) is 19.3. The van der Waals surface area contributed by atoms with Gasteiger partial charge in [0.1, 0.15) is 23.8 Å². The van der Waals surface area contributed by atoms with Crippen LogP contribution in [0.1, 0.15) is 37.5 Å². The minimum Gasteiger partial charge on any atom is -0.459 e. The summed E-state index contributed by atoms with van der Waals surface area (Å²) in [4.78, 5) is 69.5. The summed E-state index contributed by atoms with van der Waals surface area (Å²) in [6.45, 7) is -0.512. The molecule has 0 spiro atoms.